The van der Waals surface area contributed by atoms with Crippen molar-refractivity contribution in [3.63, 3.8) is 0 Å². The smallest absolute Gasteiger partial charge is 0.252 e. The van der Waals surface area contributed by atoms with E-state index in [0.717, 1.165) is 4.47 Å². The summed E-state index contributed by atoms with van der Waals surface area (Å²) in [6, 6.07) is 6.32. The number of aliphatic hydroxyl groups excluding tert-OH is 1. The van der Waals surface area contributed by atoms with Gasteiger partial charge in [0.25, 0.3) is 5.91 Å². The Morgan fingerprint density at radius 3 is 2.90 bits per heavy atom. The molecule has 1 aromatic carbocycles. The zero-order valence-corrected chi connectivity index (χ0v) is 12.5. The highest BCUT2D eigenvalue weighted by Gasteiger charge is 2.15. The average molecular weight is 339 g/mol. The normalized spacial score (nSPS) is 12.3. The first kappa shape index (κ1) is 14.7. The molecule has 1 unspecified atom stereocenters. The molecule has 1 atom stereocenters. The van der Waals surface area contributed by atoms with Crippen molar-refractivity contribution in [2.24, 2.45) is 0 Å². The third-order valence-corrected chi connectivity index (χ3v) is 3.78. The van der Waals surface area contributed by atoms with Crippen LogP contribution in [-0.2, 0) is 0 Å². The second-order valence-electron chi connectivity index (χ2n) is 4.47. The summed E-state index contributed by atoms with van der Waals surface area (Å²) in [6.45, 7) is 1.74. The van der Waals surface area contributed by atoms with E-state index in [-0.39, 0.29) is 24.1 Å². The number of halogens is 1. The number of fused-ring (bicyclic) bond motifs is 1. The number of aromatic nitrogens is 1. The van der Waals surface area contributed by atoms with Crippen LogP contribution in [0.5, 0.6) is 0 Å². The molecule has 1 amide bonds. The van der Waals surface area contributed by atoms with E-state index in [1.807, 2.05) is 6.92 Å². The SMILES string of the molecule is CCC(CO)NC(=O)c1cc(=O)[nH]c2c(Br)cccc12. The van der Waals surface area contributed by atoms with Gasteiger partial charge in [-0.25, -0.2) is 0 Å². The van der Waals surface area contributed by atoms with Crippen LogP contribution in [0.25, 0.3) is 10.9 Å². The molecule has 106 valence electrons. The molecule has 6 heteroatoms. The lowest BCUT2D eigenvalue weighted by atomic mass is 10.1. The van der Waals surface area contributed by atoms with Crippen molar-refractivity contribution in [2.45, 2.75) is 19.4 Å². The molecule has 0 saturated heterocycles. The molecule has 0 saturated carbocycles. The van der Waals surface area contributed by atoms with E-state index in [1.54, 1.807) is 18.2 Å². The molecule has 1 aromatic heterocycles. The fourth-order valence-corrected chi connectivity index (χ4v) is 2.44. The highest BCUT2D eigenvalue weighted by atomic mass is 79.9. The minimum atomic E-state index is -0.361. The topological polar surface area (TPSA) is 82.2 Å². The number of hydrogen-bond donors (Lipinski definition) is 3. The monoisotopic (exact) mass is 338 g/mol. The first-order valence-electron chi connectivity index (χ1n) is 6.30. The Labute approximate surface area is 124 Å². The number of H-pyrrole nitrogens is 1. The fourth-order valence-electron chi connectivity index (χ4n) is 1.97. The van der Waals surface area contributed by atoms with Crippen LogP contribution in [0.1, 0.15) is 23.7 Å². The number of para-hydroxylation sites is 1. The number of benzene rings is 1. The average Bonchev–Trinajstić information content (AvgIpc) is 2.44. The molecule has 0 fully saturated rings. The van der Waals surface area contributed by atoms with Crippen LogP contribution in [0.2, 0.25) is 0 Å². The molecule has 0 aliphatic rings. The van der Waals surface area contributed by atoms with Crippen molar-refractivity contribution in [3.05, 3.63) is 44.7 Å². The quantitative estimate of drug-likeness (QED) is 0.794. The van der Waals surface area contributed by atoms with Gasteiger partial charge in [-0.15, -0.1) is 0 Å². The first-order chi connectivity index (χ1) is 9.56. The third-order valence-electron chi connectivity index (χ3n) is 3.12. The lowest BCUT2D eigenvalue weighted by Gasteiger charge is -2.15. The molecule has 2 rings (SSSR count). The zero-order chi connectivity index (χ0) is 14.7. The Hall–Kier alpha value is -1.66. The summed E-state index contributed by atoms with van der Waals surface area (Å²) < 4.78 is 0.718. The molecule has 2 aromatic rings. The van der Waals surface area contributed by atoms with Crippen LogP contribution in [0, 0.1) is 0 Å². The van der Waals surface area contributed by atoms with Crippen molar-refractivity contribution in [1.29, 1.82) is 0 Å². The van der Waals surface area contributed by atoms with Crippen molar-refractivity contribution >= 4 is 32.7 Å². The zero-order valence-electron chi connectivity index (χ0n) is 10.9. The number of amides is 1. The molecule has 3 N–H and O–H groups in total. The minimum absolute atomic E-state index is 0.132. The van der Waals surface area contributed by atoms with E-state index >= 15 is 0 Å². The molecule has 0 radical (unpaired) electrons. The van der Waals surface area contributed by atoms with Gasteiger partial charge in [0.15, 0.2) is 0 Å². The molecule has 0 spiro atoms. The summed E-state index contributed by atoms with van der Waals surface area (Å²) in [6.07, 6.45) is 0.618. The van der Waals surface area contributed by atoms with Gasteiger partial charge < -0.3 is 15.4 Å². The number of hydrogen-bond acceptors (Lipinski definition) is 3. The lowest BCUT2D eigenvalue weighted by Crippen LogP contribution is -2.37. The van der Waals surface area contributed by atoms with Crippen molar-refractivity contribution < 1.29 is 9.90 Å². The van der Waals surface area contributed by atoms with Gasteiger partial charge in [0, 0.05) is 15.9 Å². The van der Waals surface area contributed by atoms with Crippen LogP contribution >= 0.6 is 15.9 Å². The van der Waals surface area contributed by atoms with Gasteiger partial charge in [-0.05, 0) is 28.4 Å². The minimum Gasteiger partial charge on any atom is -0.394 e. The van der Waals surface area contributed by atoms with Crippen LogP contribution < -0.4 is 10.9 Å². The van der Waals surface area contributed by atoms with Crippen LogP contribution in [0.15, 0.2) is 33.5 Å². The fraction of sp³-hybridized carbons (Fsp3) is 0.286. The van der Waals surface area contributed by atoms with Gasteiger partial charge >= 0.3 is 0 Å². The van der Waals surface area contributed by atoms with E-state index in [2.05, 4.69) is 26.2 Å². The summed E-state index contributed by atoms with van der Waals surface area (Å²) in [7, 11) is 0. The number of rotatable bonds is 4. The molecule has 5 nitrogen and oxygen atoms in total. The highest BCUT2D eigenvalue weighted by Crippen LogP contribution is 2.23. The predicted octanol–water partition coefficient (Wildman–Crippen LogP) is 1.79. The van der Waals surface area contributed by atoms with Crippen molar-refractivity contribution in [1.82, 2.24) is 10.3 Å². The largest absolute Gasteiger partial charge is 0.394 e. The standard InChI is InChI=1S/C14H15BrN2O3/c1-2-8(7-18)16-14(20)10-6-12(19)17-13-9(10)4-3-5-11(13)15/h3-6,8,18H,2,7H2,1H3,(H,16,20)(H,17,19). The summed E-state index contributed by atoms with van der Waals surface area (Å²) in [5.74, 6) is -0.361. The molecule has 0 aliphatic carbocycles. The van der Waals surface area contributed by atoms with Crippen LogP contribution in [0.3, 0.4) is 0 Å². The van der Waals surface area contributed by atoms with E-state index in [4.69, 9.17) is 5.11 Å². The van der Waals surface area contributed by atoms with Crippen molar-refractivity contribution in [3.8, 4) is 0 Å². The number of aromatic amines is 1. The van der Waals surface area contributed by atoms with E-state index in [0.29, 0.717) is 22.9 Å². The van der Waals surface area contributed by atoms with Gasteiger partial charge in [0.2, 0.25) is 5.56 Å². The Balaban J connectivity index is 2.51. The molecule has 0 aliphatic heterocycles. The Kier molecular flexibility index (Phi) is 4.57. The van der Waals surface area contributed by atoms with E-state index in [1.165, 1.54) is 6.07 Å². The number of carbonyl (C=O) groups is 1. The van der Waals surface area contributed by atoms with Gasteiger partial charge in [0.1, 0.15) is 0 Å². The predicted molar refractivity (Wildman–Crippen MR) is 80.9 cm³/mol. The summed E-state index contributed by atoms with van der Waals surface area (Å²) in [5.41, 5.74) is 0.547. The van der Waals surface area contributed by atoms with Crippen molar-refractivity contribution in [2.75, 3.05) is 6.61 Å². The maximum atomic E-state index is 12.3. The maximum Gasteiger partial charge on any atom is 0.252 e. The van der Waals surface area contributed by atoms with Gasteiger partial charge in [-0.2, -0.15) is 0 Å². The molecule has 1 heterocycles. The number of nitrogens with one attached hydrogen (secondary N) is 2. The number of carbonyl (C=O) groups excluding carboxylic acids is 1. The van der Waals surface area contributed by atoms with Crippen LogP contribution in [-0.4, -0.2) is 28.6 Å². The second-order valence-corrected chi connectivity index (χ2v) is 5.33. The maximum absolute atomic E-state index is 12.3. The summed E-state index contributed by atoms with van der Waals surface area (Å²) in [4.78, 5) is 26.6. The second kappa shape index (κ2) is 6.19. The molecular weight excluding hydrogens is 324 g/mol. The van der Waals surface area contributed by atoms with Gasteiger partial charge in [-0.1, -0.05) is 19.1 Å². The van der Waals surface area contributed by atoms with E-state index < -0.39 is 0 Å². The molecule has 20 heavy (non-hydrogen) atoms. The molecule has 0 bridgehead atoms. The number of pyridine rings is 1. The summed E-state index contributed by atoms with van der Waals surface area (Å²) in [5, 5.41) is 12.5. The first-order valence-corrected chi connectivity index (χ1v) is 7.09. The van der Waals surface area contributed by atoms with Gasteiger partial charge in [-0.3, -0.25) is 9.59 Å². The molecular formula is C14H15BrN2O3. The highest BCUT2D eigenvalue weighted by molar-refractivity contribution is 9.10. The van der Waals surface area contributed by atoms with Crippen LogP contribution in [0.4, 0.5) is 0 Å². The Morgan fingerprint density at radius 1 is 1.50 bits per heavy atom. The Bertz CT molecular complexity index is 692. The Morgan fingerprint density at radius 2 is 2.25 bits per heavy atom. The summed E-state index contributed by atoms with van der Waals surface area (Å²) >= 11 is 3.35. The third kappa shape index (κ3) is 2.91. The van der Waals surface area contributed by atoms with E-state index in [9.17, 15) is 9.59 Å². The van der Waals surface area contributed by atoms with Gasteiger partial charge in [0.05, 0.1) is 23.7 Å². The lowest BCUT2D eigenvalue weighted by molar-refractivity contribution is 0.0916. The number of aliphatic hydroxyl groups is 1.